The van der Waals surface area contributed by atoms with E-state index in [1.54, 1.807) is 0 Å². The van der Waals surface area contributed by atoms with Gasteiger partial charge in [-0.15, -0.1) is 4.33 Å². The second-order valence-corrected chi connectivity index (χ2v) is 9.80. The molecule has 32 heavy (non-hydrogen) atoms. The van der Waals surface area contributed by atoms with Crippen LogP contribution in [-0.4, -0.2) is 40.9 Å². The summed E-state index contributed by atoms with van der Waals surface area (Å²) in [6.45, 7) is 0.0536. The van der Waals surface area contributed by atoms with E-state index in [2.05, 4.69) is 14.1 Å². The molecular formula is C18H24F8O5S. The Morgan fingerprint density at radius 1 is 0.812 bits per heavy atom. The van der Waals surface area contributed by atoms with Gasteiger partial charge in [-0.05, 0) is 69.1 Å². The molecule has 4 rings (SSSR count). The van der Waals surface area contributed by atoms with Crippen LogP contribution >= 0.6 is 12.0 Å². The number of ether oxygens (including phenoxy) is 2. The highest BCUT2D eigenvalue weighted by Crippen LogP contribution is 2.57. The Labute approximate surface area is 183 Å². The van der Waals surface area contributed by atoms with Gasteiger partial charge in [0.1, 0.15) is 12.0 Å². The normalized spacial score (nSPS) is 30.8. The molecule has 0 atom stereocenters. The monoisotopic (exact) mass is 504 g/mol. The Morgan fingerprint density at radius 2 is 1.34 bits per heavy atom. The van der Waals surface area contributed by atoms with Crippen molar-refractivity contribution < 1.29 is 59.2 Å². The van der Waals surface area contributed by atoms with Gasteiger partial charge >= 0.3 is 23.4 Å². The molecule has 0 aliphatic heterocycles. The van der Waals surface area contributed by atoms with Crippen molar-refractivity contribution in [1.82, 2.24) is 0 Å². The van der Waals surface area contributed by atoms with Crippen LogP contribution in [0.15, 0.2) is 0 Å². The lowest BCUT2D eigenvalue weighted by atomic mass is 9.54. The predicted octanol–water partition coefficient (Wildman–Crippen LogP) is 6.64. The van der Waals surface area contributed by atoms with Crippen LogP contribution in [0, 0.1) is 17.8 Å². The molecule has 4 bridgehead atoms. The summed E-state index contributed by atoms with van der Waals surface area (Å²) in [6.07, 6.45) is -7.88. The van der Waals surface area contributed by atoms with Crippen LogP contribution in [0.1, 0.15) is 57.8 Å². The maximum absolute atomic E-state index is 13.8. The Kier molecular flexibility index (Phi) is 7.64. The quantitative estimate of drug-likeness (QED) is 0.0998. The standard InChI is InChI=1S/C18H24F8O5S/c19-15(20,16(21,22)29-17(23,24)18(25,26)32-31-30-27)3-1-2-4-28-14-8-11-5-12(9-14)7-13(6-11)10-14/h11-13,27H,1-10H2. The largest absolute Gasteiger partial charge is 0.436 e. The van der Waals surface area contributed by atoms with Crippen LogP contribution in [0.25, 0.3) is 0 Å². The van der Waals surface area contributed by atoms with E-state index < -0.39 is 48.3 Å². The van der Waals surface area contributed by atoms with Gasteiger partial charge in [-0.3, -0.25) is 0 Å². The fourth-order valence-corrected chi connectivity index (χ4v) is 5.75. The van der Waals surface area contributed by atoms with Gasteiger partial charge < -0.3 is 4.74 Å². The van der Waals surface area contributed by atoms with E-state index in [4.69, 9.17) is 9.99 Å². The average Bonchev–Trinajstić information content (AvgIpc) is 2.63. The second kappa shape index (κ2) is 9.33. The van der Waals surface area contributed by atoms with E-state index in [-0.39, 0.29) is 18.6 Å². The van der Waals surface area contributed by atoms with Crippen molar-refractivity contribution in [1.29, 1.82) is 0 Å². The van der Waals surface area contributed by atoms with Gasteiger partial charge in [-0.1, -0.05) is 5.04 Å². The third kappa shape index (κ3) is 5.62. The number of hydrogen-bond donors (Lipinski definition) is 1. The Hall–Kier alpha value is -0.410. The summed E-state index contributed by atoms with van der Waals surface area (Å²) < 4.78 is 119. The highest BCUT2D eigenvalue weighted by atomic mass is 32.2. The number of alkyl halides is 8. The van der Waals surface area contributed by atoms with Crippen molar-refractivity contribution >= 4 is 12.0 Å². The van der Waals surface area contributed by atoms with Crippen LogP contribution in [0.2, 0.25) is 0 Å². The third-order valence-electron chi connectivity index (χ3n) is 6.47. The average molecular weight is 504 g/mol. The zero-order valence-electron chi connectivity index (χ0n) is 16.8. The van der Waals surface area contributed by atoms with Crippen molar-refractivity contribution in [3.8, 4) is 0 Å². The highest BCUT2D eigenvalue weighted by molar-refractivity contribution is 7.95. The molecule has 0 radical (unpaired) electrons. The lowest BCUT2D eigenvalue weighted by Crippen LogP contribution is -2.52. The van der Waals surface area contributed by atoms with Gasteiger partial charge in [0.05, 0.1) is 5.60 Å². The van der Waals surface area contributed by atoms with Gasteiger partial charge in [0.2, 0.25) is 0 Å². The van der Waals surface area contributed by atoms with Crippen molar-refractivity contribution in [3.63, 3.8) is 0 Å². The van der Waals surface area contributed by atoms with Crippen molar-refractivity contribution in [2.24, 2.45) is 17.8 Å². The molecule has 5 nitrogen and oxygen atoms in total. The van der Waals surface area contributed by atoms with Crippen molar-refractivity contribution in [2.75, 3.05) is 6.61 Å². The first kappa shape index (κ1) is 26.2. The van der Waals surface area contributed by atoms with Crippen molar-refractivity contribution in [2.45, 2.75) is 86.8 Å². The summed E-state index contributed by atoms with van der Waals surface area (Å²) in [5, 5.41) is 4.80. The van der Waals surface area contributed by atoms with Crippen LogP contribution in [-0.2, 0) is 18.8 Å². The molecule has 0 saturated heterocycles. The number of halogens is 8. The van der Waals surface area contributed by atoms with Gasteiger partial charge in [0.15, 0.2) is 0 Å². The van der Waals surface area contributed by atoms with E-state index >= 15 is 0 Å². The molecule has 0 unspecified atom stereocenters. The molecule has 0 aromatic rings. The molecule has 4 saturated carbocycles. The first-order valence-electron chi connectivity index (χ1n) is 10.2. The fourth-order valence-electron chi connectivity index (χ4n) is 5.49. The smallest absolute Gasteiger partial charge is 0.375 e. The molecule has 4 aliphatic rings. The topological polar surface area (TPSA) is 57.2 Å². The maximum Gasteiger partial charge on any atom is 0.436 e. The SMILES string of the molecule is OOOSC(F)(F)C(F)(F)OC(F)(F)C(F)(F)CCCCOC12CC3CC(CC(C3)C1)C2. The summed E-state index contributed by atoms with van der Waals surface area (Å²) in [5.74, 6) is -3.37. The lowest BCUT2D eigenvalue weighted by molar-refractivity contribution is -0.461. The summed E-state index contributed by atoms with van der Waals surface area (Å²) in [5.41, 5.74) is -0.296. The predicted molar refractivity (Wildman–Crippen MR) is 94.0 cm³/mol. The molecule has 4 fully saturated rings. The van der Waals surface area contributed by atoms with Crippen LogP contribution in [0.4, 0.5) is 35.1 Å². The van der Waals surface area contributed by atoms with Crippen molar-refractivity contribution in [3.05, 3.63) is 0 Å². The summed E-state index contributed by atoms with van der Waals surface area (Å²) in [7, 11) is 0. The summed E-state index contributed by atoms with van der Waals surface area (Å²) >= 11 is -1.59. The summed E-state index contributed by atoms with van der Waals surface area (Å²) in [4.78, 5) is 0. The zero-order chi connectivity index (χ0) is 23.8. The minimum Gasteiger partial charge on any atom is -0.375 e. The molecule has 0 aromatic heterocycles. The Balaban J connectivity index is 1.45. The van der Waals surface area contributed by atoms with E-state index in [0.717, 1.165) is 19.3 Å². The first-order chi connectivity index (χ1) is 14.7. The molecule has 14 heteroatoms. The lowest BCUT2D eigenvalue weighted by Gasteiger charge is -2.56. The van der Waals surface area contributed by atoms with Gasteiger partial charge in [0, 0.05) is 13.0 Å². The number of rotatable bonds is 13. The maximum atomic E-state index is 13.8. The number of hydrogen-bond acceptors (Lipinski definition) is 6. The van der Waals surface area contributed by atoms with E-state index in [1.807, 2.05) is 0 Å². The van der Waals surface area contributed by atoms with E-state index in [0.29, 0.717) is 17.8 Å². The molecule has 0 spiro atoms. The molecule has 0 aromatic carbocycles. The Morgan fingerprint density at radius 3 is 1.84 bits per heavy atom. The first-order valence-corrected chi connectivity index (χ1v) is 11.0. The minimum absolute atomic E-state index is 0.0303. The van der Waals surface area contributed by atoms with E-state index in [1.165, 1.54) is 19.3 Å². The molecule has 188 valence electrons. The molecule has 0 heterocycles. The second-order valence-electron chi connectivity index (χ2n) is 8.99. The van der Waals surface area contributed by atoms with Gasteiger partial charge in [-0.25, -0.2) is 9.99 Å². The van der Waals surface area contributed by atoms with Gasteiger partial charge in [0.25, 0.3) is 0 Å². The van der Waals surface area contributed by atoms with Crippen LogP contribution in [0.5, 0.6) is 0 Å². The molecule has 4 aliphatic carbocycles. The Bertz CT molecular complexity index is 616. The zero-order valence-corrected chi connectivity index (χ0v) is 17.6. The van der Waals surface area contributed by atoms with Crippen LogP contribution in [0.3, 0.4) is 0 Å². The fraction of sp³-hybridized carbons (Fsp3) is 1.00. The number of unbranched alkanes of at least 4 members (excludes halogenated alkanes) is 1. The van der Waals surface area contributed by atoms with Crippen LogP contribution < -0.4 is 0 Å². The molecule has 1 N–H and O–H groups in total. The third-order valence-corrected chi connectivity index (χ3v) is 7.04. The molecule has 0 amide bonds. The summed E-state index contributed by atoms with van der Waals surface area (Å²) in [6, 6.07) is 0. The van der Waals surface area contributed by atoms with Gasteiger partial charge in [-0.2, -0.15) is 35.1 Å². The highest BCUT2D eigenvalue weighted by Gasteiger charge is 2.69. The minimum atomic E-state index is -6.06. The van der Waals surface area contributed by atoms with E-state index in [9.17, 15) is 35.1 Å². The molecular weight excluding hydrogens is 480 g/mol.